The van der Waals surface area contributed by atoms with E-state index >= 15 is 0 Å². The fourth-order valence-electron chi connectivity index (χ4n) is 2.80. The van der Waals surface area contributed by atoms with Gasteiger partial charge in [-0.3, -0.25) is 4.79 Å². The van der Waals surface area contributed by atoms with Crippen LogP contribution in [0.1, 0.15) is 43.4 Å². The van der Waals surface area contributed by atoms with E-state index < -0.39 is 0 Å². The predicted octanol–water partition coefficient (Wildman–Crippen LogP) is 6.22. The zero-order chi connectivity index (χ0) is 19.1. The largest absolute Gasteiger partial charge is 0.494 e. The van der Waals surface area contributed by atoms with Crippen molar-refractivity contribution in [2.75, 3.05) is 11.9 Å². The number of ether oxygens (including phenoxy) is 1. The number of amides is 1. The minimum absolute atomic E-state index is 0.0208. The minimum Gasteiger partial charge on any atom is -0.494 e. The number of anilines is 1. The van der Waals surface area contributed by atoms with Gasteiger partial charge in [0, 0.05) is 22.2 Å². The van der Waals surface area contributed by atoms with E-state index in [9.17, 15) is 4.79 Å². The number of hydrogen-bond donors (Lipinski definition) is 1. The molecule has 0 saturated heterocycles. The lowest BCUT2D eigenvalue weighted by Crippen LogP contribution is -2.15. The number of benzene rings is 2. The minimum atomic E-state index is -0.0208. The van der Waals surface area contributed by atoms with Gasteiger partial charge in [-0.1, -0.05) is 43.1 Å². The summed E-state index contributed by atoms with van der Waals surface area (Å²) in [4.78, 5) is 12.3. The molecule has 0 heterocycles. The maximum Gasteiger partial charge on any atom is 0.224 e. The second-order valence-electron chi connectivity index (χ2n) is 6.18. The van der Waals surface area contributed by atoms with Crippen LogP contribution < -0.4 is 10.1 Å². The topological polar surface area (TPSA) is 38.3 Å². The standard InChI is InChI=1S/C21H25Cl2NO2/c1-4-15-8-10-19(23)17(5-2)21(15)24-20(25)7-6-12-26-16-9-11-18(22)14(3)13-16/h8-11,13H,4-7,12H2,1-3H3,(H,24,25). The van der Waals surface area contributed by atoms with Crippen LogP contribution in [-0.2, 0) is 17.6 Å². The Bertz CT molecular complexity index is 775. The molecular formula is C21H25Cl2NO2. The van der Waals surface area contributed by atoms with Crippen LogP contribution in [0.25, 0.3) is 0 Å². The van der Waals surface area contributed by atoms with Crippen molar-refractivity contribution in [1.29, 1.82) is 0 Å². The van der Waals surface area contributed by atoms with Gasteiger partial charge < -0.3 is 10.1 Å². The number of halogens is 2. The lowest BCUT2D eigenvalue weighted by atomic mass is 10.0. The molecule has 3 nitrogen and oxygen atoms in total. The zero-order valence-electron chi connectivity index (χ0n) is 15.5. The van der Waals surface area contributed by atoms with Gasteiger partial charge in [0.25, 0.3) is 0 Å². The Kier molecular flexibility index (Phi) is 7.80. The Morgan fingerprint density at radius 2 is 1.81 bits per heavy atom. The molecule has 2 aromatic rings. The number of rotatable bonds is 8. The number of nitrogens with one attached hydrogen (secondary N) is 1. The molecule has 0 atom stereocenters. The lowest BCUT2D eigenvalue weighted by Gasteiger charge is -2.16. The van der Waals surface area contributed by atoms with E-state index in [1.807, 2.05) is 44.2 Å². The van der Waals surface area contributed by atoms with E-state index in [2.05, 4.69) is 12.2 Å². The van der Waals surface area contributed by atoms with Crippen LogP contribution >= 0.6 is 23.2 Å². The summed E-state index contributed by atoms with van der Waals surface area (Å²) in [6, 6.07) is 9.42. The van der Waals surface area contributed by atoms with Crippen molar-refractivity contribution in [3.8, 4) is 5.75 Å². The van der Waals surface area contributed by atoms with Crippen molar-refractivity contribution in [3.63, 3.8) is 0 Å². The van der Waals surface area contributed by atoms with E-state index in [0.29, 0.717) is 24.5 Å². The Balaban J connectivity index is 1.89. The molecule has 0 spiro atoms. The fourth-order valence-corrected chi connectivity index (χ4v) is 3.21. The summed E-state index contributed by atoms with van der Waals surface area (Å²) in [6.07, 6.45) is 2.66. The molecule has 0 radical (unpaired) electrons. The van der Waals surface area contributed by atoms with Crippen molar-refractivity contribution in [2.45, 2.75) is 46.5 Å². The van der Waals surface area contributed by atoms with Crippen molar-refractivity contribution >= 4 is 34.8 Å². The smallest absolute Gasteiger partial charge is 0.224 e. The molecule has 0 bridgehead atoms. The molecule has 1 N–H and O–H groups in total. The number of carbonyl (C=O) groups excluding carboxylic acids is 1. The Labute approximate surface area is 165 Å². The summed E-state index contributed by atoms with van der Waals surface area (Å²) in [5.41, 5.74) is 3.93. The van der Waals surface area contributed by atoms with Gasteiger partial charge in [-0.15, -0.1) is 0 Å². The van der Waals surface area contributed by atoms with E-state index in [-0.39, 0.29) is 5.91 Å². The van der Waals surface area contributed by atoms with Crippen LogP contribution in [0.5, 0.6) is 5.75 Å². The average molecular weight is 394 g/mol. The molecule has 5 heteroatoms. The predicted molar refractivity (Wildman–Crippen MR) is 110 cm³/mol. The first-order chi connectivity index (χ1) is 12.5. The zero-order valence-corrected chi connectivity index (χ0v) is 17.0. The van der Waals surface area contributed by atoms with Crippen LogP contribution in [-0.4, -0.2) is 12.5 Å². The fraction of sp³-hybridized carbons (Fsp3) is 0.381. The Hall–Kier alpha value is -1.71. The normalized spacial score (nSPS) is 10.7. The summed E-state index contributed by atoms with van der Waals surface area (Å²) >= 11 is 12.3. The van der Waals surface area contributed by atoms with Gasteiger partial charge in [0.05, 0.1) is 6.61 Å². The van der Waals surface area contributed by atoms with E-state index in [1.165, 1.54) is 0 Å². The molecule has 0 aliphatic carbocycles. The number of hydrogen-bond acceptors (Lipinski definition) is 2. The molecule has 2 rings (SSSR count). The molecule has 140 valence electrons. The Morgan fingerprint density at radius 1 is 1.08 bits per heavy atom. The molecule has 1 amide bonds. The SMILES string of the molecule is CCc1ccc(Cl)c(CC)c1NC(=O)CCCOc1ccc(Cl)c(C)c1. The third kappa shape index (κ3) is 5.39. The third-order valence-electron chi connectivity index (χ3n) is 4.29. The summed E-state index contributed by atoms with van der Waals surface area (Å²) in [6.45, 7) is 6.52. The monoisotopic (exact) mass is 393 g/mol. The molecule has 26 heavy (non-hydrogen) atoms. The molecule has 0 fully saturated rings. The van der Waals surface area contributed by atoms with Crippen LogP contribution in [0.15, 0.2) is 30.3 Å². The van der Waals surface area contributed by atoms with Crippen LogP contribution in [0, 0.1) is 6.92 Å². The first-order valence-corrected chi connectivity index (χ1v) is 9.70. The van der Waals surface area contributed by atoms with Crippen molar-refractivity contribution < 1.29 is 9.53 Å². The first-order valence-electron chi connectivity index (χ1n) is 8.95. The second kappa shape index (κ2) is 9.84. The number of carbonyl (C=O) groups is 1. The maximum atomic E-state index is 12.3. The number of aryl methyl sites for hydroxylation is 2. The van der Waals surface area contributed by atoms with E-state index in [4.69, 9.17) is 27.9 Å². The van der Waals surface area contributed by atoms with Crippen LogP contribution in [0.3, 0.4) is 0 Å². The molecule has 0 aromatic heterocycles. The van der Waals surface area contributed by atoms with Crippen LogP contribution in [0.4, 0.5) is 5.69 Å². The van der Waals surface area contributed by atoms with E-state index in [0.717, 1.165) is 46.0 Å². The average Bonchev–Trinajstić information content (AvgIpc) is 2.62. The van der Waals surface area contributed by atoms with Gasteiger partial charge in [-0.05, 0) is 67.1 Å². The van der Waals surface area contributed by atoms with Gasteiger partial charge in [0.2, 0.25) is 5.91 Å². The first kappa shape index (κ1) is 20.6. The third-order valence-corrected chi connectivity index (χ3v) is 5.07. The molecular weight excluding hydrogens is 369 g/mol. The van der Waals surface area contributed by atoms with Gasteiger partial charge in [0.1, 0.15) is 5.75 Å². The molecule has 0 aliphatic rings. The lowest BCUT2D eigenvalue weighted by molar-refractivity contribution is -0.116. The molecule has 0 saturated carbocycles. The quantitative estimate of drug-likeness (QED) is 0.540. The highest BCUT2D eigenvalue weighted by Crippen LogP contribution is 2.29. The van der Waals surface area contributed by atoms with Crippen molar-refractivity contribution in [1.82, 2.24) is 0 Å². The van der Waals surface area contributed by atoms with E-state index in [1.54, 1.807) is 0 Å². The highest BCUT2D eigenvalue weighted by molar-refractivity contribution is 6.32. The van der Waals surface area contributed by atoms with Gasteiger partial charge in [0.15, 0.2) is 0 Å². The van der Waals surface area contributed by atoms with Crippen molar-refractivity contribution in [3.05, 3.63) is 57.1 Å². The van der Waals surface area contributed by atoms with Crippen molar-refractivity contribution in [2.24, 2.45) is 0 Å². The molecule has 2 aromatic carbocycles. The summed E-state index contributed by atoms with van der Waals surface area (Å²) in [7, 11) is 0. The highest BCUT2D eigenvalue weighted by atomic mass is 35.5. The van der Waals surface area contributed by atoms with Gasteiger partial charge in [-0.2, -0.15) is 0 Å². The summed E-state index contributed by atoms with van der Waals surface area (Å²) in [5.74, 6) is 0.747. The second-order valence-corrected chi connectivity index (χ2v) is 6.99. The maximum absolute atomic E-state index is 12.3. The van der Waals surface area contributed by atoms with Gasteiger partial charge >= 0.3 is 0 Å². The molecule has 0 unspecified atom stereocenters. The van der Waals surface area contributed by atoms with Gasteiger partial charge in [-0.25, -0.2) is 0 Å². The van der Waals surface area contributed by atoms with Crippen LogP contribution in [0.2, 0.25) is 10.0 Å². The highest BCUT2D eigenvalue weighted by Gasteiger charge is 2.13. The molecule has 0 aliphatic heterocycles. The summed E-state index contributed by atoms with van der Waals surface area (Å²) < 4.78 is 5.69. The Morgan fingerprint density at radius 3 is 2.46 bits per heavy atom. The summed E-state index contributed by atoms with van der Waals surface area (Å²) in [5, 5.41) is 4.46.